The van der Waals surface area contributed by atoms with Gasteiger partial charge in [-0.05, 0) is 25.5 Å². The van der Waals surface area contributed by atoms with Gasteiger partial charge in [0.2, 0.25) is 0 Å². The number of aryl methyl sites for hydroxylation is 1. The van der Waals surface area contributed by atoms with E-state index in [0.717, 1.165) is 35.9 Å². The molecule has 0 bridgehead atoms. The van der Waals surface area contributed by atoms with Gasteiger partial charge in [0.1, 0.15) is 0 Å². The minimum Gasteiger partial charge on any atom is -0.347 e. The smallest absolute Gasteiger partial charge is 0.347 e. The standard InChI is InChI=1S/C17H17N3O4/c1-3-4-7-19-10-12(8-14-11(2)18-24-17(14)21)15-9-13(20(22)23)5-6-16(15)19/h5-6,8-10H,3-4,7H2,1-2H3. The molecule has 0 unspecified atom stereocenters. The fourth-order valence-corrected chi connectivity index (χ4v) is 2.73. The summed E-state index contributed by atoms with van der Waals surface area (Å²) >= 11 is 0. The maximum absolute atomic E-state index is 11.8. The number of hydrogen-bond donors (Lipinski definition) is 0. The van der Waals surface area contributed by atoms with Crippen LogP contribution in [0.3, 0.4) is 0 Å². The molecule has 7 nitrogen and oxygen atoms in total. The highest BCUT2D eigenvalue weighted by atomic mass is 16.7. The van der Waals surface area contributed by atoms with E-state index in [4.69, 9.17) is 0 Å². The number of non-ortho nitro benzene ring substituents is 1. The van der Waals surface area contributed by atoms with E-state index in [1.54, 1.807) is 19.1 Å². The minimum atomic E-state index is -0.507. The molecule has 7 heteroatoms. The van der Waals surface area contributed by atoms with Crippen molar-refractivity contribution in [2.45, 2.75) is 33.2 Å². The van der Waals surface area contributed by atoms with Crippen molar-refractivity contribution < 1.29 is 14.6 Å². The van der Waals surface area contributed by atoms with E-state index in [-0.39, 0.29) is 5.69 Å². The number of nitro groups is 1. The summed E-state index contributed by atoms with van der Waals surface area (Å²) in [6.07, 6.45) is 5.64. The molecule has 0 spiro atoms. The highest BCUT2D eigenvalue weighted by molar-refractivity contribution is 6.24. The first-order chi connectivity index (χ1) is 11.5. The molecule has 3 rings (SSSR count). The van der Waals surface area contributed by atoms with Crippen LogP contribution in [0.25, 0.3) is 17.0 Å². The lowest BCUT2D eigenvalue weighted by Gasteiger charge is -2.03. The molecule has 124 valence electrons. The maximum atomic E-state index is 11.8. The van der Waals surface area contributed by atoms with Crippen molar-refractivity contribution in [3.8, 4) is 0 Å². The first-order valence-electron chi connectivity index (χ1n) is 7.76. The summed E-state index contributed by atoms with van der Waals surface area (Å²) in [6, 6.07) is 4.79. The highest BCUT2D eigenvalue weighted by Gasteiger charge is 2.23. The molecule has 1 aromatic heterocycles. The lowest BCUT2D eigenvalue weighted by Crippen LogP contribution is -2.01. The fraction of sp³-hybridized carbons (Fsp3) is 0.294. The molecule has 0 atom stereocenters. The van der Waals surface area contributed by atoms with Gasteiger partial charge in [-0.25, -0.2) is 4.79 Å². The monoisotopic (exact) mass is 327 g/mol. The zero-order valence-electron chi connectivity index (χ0n) is 13.5. The number of carbonyl (C=O) groups is 1. The summed E-state index contributed by atoms with van der Waals surface area (Å²) in [4.78, 5) is 27.1. The third kappa shape index (κ3) is 2.80. The Balaban J connectivity index is 2.16. The van der Waals surface area contributed by atoms with Gasteiger partial charge in [0.15, 0.2) is 0 Å². The van der Waals surface area contributed by atoms with E-state index in [9.17, 15) is 14.9 Å². The Morgan fingerprint density at radius 3 is 2.83 bits per heavy atom. The highest BCUT2D eigenvalue weighted by Crippen LogP contribution is 2.29. The average Bonchev–Trinajstić information content (AvgIpc) is 3.07. The molecule has 0 fully saturated rings. The second kappa shape index (κ2) is 6.27. The van der Waals surface area contributed by atoms with Crippen LogP contribution in [0.1, 0.15) is 32.3 Å². The normalized spacial score (nSPS) is 15.8. The van der Waals surface area contributed by atoms with Gasteiger partial charge in [0.05, 0.1) is 16.2 Å². The Labute approximate surface area is 138 Å². The summed E-state index contributed by atoms with van der Waals surface area (Å²) in [7, 11) is 0. The summed E-state index contributed by atoms with van der Waals surface area (Å²) in [5.41, 5.74) is 2.54. The predicted octanol–water partition coefficient (Wildman–Crippen LogP) is 3.67. The number of rotatable bonds is 5. The number of nitro benzene ring substituents is 1. The van der Waals surface area contributed by atoms with E-state index in [2.05, 4.69) is 21.5 Å². The van der Waals surface area contributed by atoms with Crippen LogP contribution in [0.15, 0.2) is 35.1 Å². The molecule has 0 amide bonds. The van der Waals surface area contributed by atoms with Gasteiger partial charge in [-0.2, -0.15) is 0 Å². The second-order valence-electron chi connectivity index (χ2n) is 5.70. The molecule has 1 aliphatic rings. The van der Waals surface area contributed by atoms with E-state index in [0.29, 0.717) is 11.3 Å². The number of nitrogens with zero attached hydrogens (tertiary/aromatic N) is 3. The van der Waals surface area contributed by atoms with E-state index < -0.39 is 10.9 Å². The van der Waals surface area contributed by atoms with Gasteiger partial charge in [-0.3, -0.25) is 10.1 Å². The molecular weight excluding hydrogens is 310 g/mol. The zero-order chi connectivity index (χ0) is 17.3. The molecule has 0 saturated heterocycles. The molecule has 1 aliphatic heterocycles. The SMILES string of the molecule is CCCCn1cc(C=C2C(=O)ON=C2C)c2cc([N+](=O)[O-])ccc21. The Morgan fingerprint density at radius 2 is 2.21 bits per heavy atom. The van der Waals surface area contributed by atoms with Gasteiger partial charge < -0.3 is 9.40 Å². The number of unbranched alkanes of at least 4 members (excludes halogenated alkanes) is 1. The Bertz CT molecular complexity index is 893. The molecule has 2 aromatic rings. The molecule has 24 heavy (non-hydrogen) atoms. The van der Waals surface area contributed by atoms with Crippen molar-refractivity contribution in [3.05, 3.63) is 45.6 Å². The lowest BCUT2D eigenvalue weighted by atomic mass is 10.1. The number of oxime groups is 1. The van der Waals surface area contributed by atoms with Crippen molar-refractivity contribution >= 4 is 34.3 Å². The van der Waals surface area contributed by atoms with Crippen LogP contribution in [0, 0.1) is 10.1 Å². The van der Waals surface area contributed by atoms with E-state index in [1.807, 2.05) is 6.20 Å². The largest absolute Gasteiger partial charge is 0.367 e. The van der Waals surface area contributed by atoms with Crippen LogP contribution in [0.4, 0.5) is 5.69 Å². The summed E-state index contributed by atoms with van der Waals surface area (Å²) in [5.74, 6) is -0.507. The van der Waals surface area contributed by atoms with Gasteiger partial charge in [-0.15, -0.1) is 0 Å². The third-order valence-electron chi connectivity index (χ3n) is 4.03. The van der Waals surface area contributed by atoms with Crippen LogP contribution < -0.4 is 0 Å². The first kappa shape index (κ1) is 15.9. The van der Waals surface area contributed by atoms with E-state index in [1.165, 1.54) is 12.1 Å². The maximum Gasteiger partial charge on any atom is 0.367 e. The Kier molecular flexibility index (Phi) is 4.16. The van der Waals surface area contributed by atoms with Crippen LogP contribution in [-0.4, -0.2) is 21.2 Å². The minimum absolute atomic E-state index is 0.0229. The van der Waals surface area contributed by atoms with Gasteiger partial charge in [0.25, 0.3) is 5.69 Å². The van der Waals surface area contributed by atoms with Crippen LogP contribution in [-0.2, 0) is 16.2 Å². The molecule has 0 saturated carbocycles. The average molecular weight is 327 g/mol. The van der Waals surface area contributed by atoms with Crippen molar-refractivity contribution in [1.82, 2.24) is 4.57 Å². The van der Waals surface area contributed by atoms with Crippen molar-refractivity contribution in [1.29, 1.82) is 0 Å². The summed E-state index contributed by atoms with van der Waals surface area (Å²) < 4.78 is 2.06. The van der Waals surface area contributed by atoms with Crippen molar-refractivity contribution in [2.24, 2.45) is 5.16 Å². The molecule has 1 aromatic carbocycles. The number of aromatic nitrogens is 1. The predicted molar refractivity (Wildman–Crippen MR) is 90.7 cm³/mol. The number of fused-ring (bicyclic) bond motifs is 1. The lowest BCUT2D eigenvalue weighted by molar-refractivity contribution is -0.384. The van der Waals surface area contributed by atoms with Crippen LogP contribution in [0.2, 0.25) is 0 Å². The van der Waals surface area contributed by atoms with Crippen LogP contribution >= 0.6 is 0 Å². The number of carbonyl (C=O) groups excluding carboxylic acids is 1. The van der Waals surface area contributed by atoms with E-state index >= 15 is 0 Å². The van der Waals surface area contributed by atoms with Crippen molar-refractivity contribution in [3.63, 3.8) is 0 Å². The number of hydrogen-bond acceptors (Lipinski definition) is 5. The third-order valence-corrected chi connectivity index (χ3v) is 4.03. The Hall–Kier alpha value is -2.96. The molecule has 0 aliphatic carbocycles. The van der Waals surface area contributed by atoms with Gasteiger partial charge >= 0.3 is 5.97 Å². The number of benzene rings is 1. The molecule has 0 radical (unpaired) electrons. The van der Waals surface area contributed by atoms with Crippen molar-refractivity contribution in [2.75, 3.05) is 0 Å². The quantitative estimate of drug-likeness (QED) is 0.363. The fourth-order valence-electron chi connectivity index (χ4n) is 2.73. The zero-order valence-corrected chi connectivity index (χ0v) is 13.5. The Morgan fingerprint density at radius 1 is 1.42 bits per heavy atom. The van der Waals surface area contributed by atoms with Gasteiger partial charge in [0, 0.05) is 41.3 Å². The molecule has 0 N–H and O–H groups in total. The summed E-state index contributed by atoms with van der Waals surface area (Å²) in [5, 5.41) is 15.5. The molecular formula is C17H17N3O4. The first-order valence-corrected chi connectivity index (χ1v) is 7.76. The molecule has 2 heterocycles. The van der Waals surface area contributed by atoms with Crippen LogP contribution in [0.5, 0.6) is 0 Å². The summed E-state index contributed by atoms with van der Waals surface area (Å²) in [6.45, 7) is 4.61. The second-order valence-corrected chi connectivity index (χ2v) is 5.70. The van der Waals surface area contributed by atoms with Gasteiger partial charge in [-0.1, -0.05) is 18.5 Å². The topological polar surface area (TPSA) is 86.7 Å².